The molecular formula is C8H13BNP. The Hall–Kier alpha value is -0.485. The van der Waals surface area contributed by atoms with E-state index in [9.17, 15) is 0 Å². The Morgan fingerprint density at radius 1 is 1.18 bits per heavy atom. The van der Waals surface area contributed by atoms with Crippen molar-refractivity contribution in [1.82, 2.24) is 0 Å². The molecule has 0 aliphatic heterocycles. The normalized spacial score (nSPS) is 9.36. The fourth-order valence-corrected chi connectivity index (χ4v) is 1.20. The molecule has 11 heavy (non-hydrogen) atoms. The molecule has 58 valence electrons. The van der Waals surface area contributed by atoms with Crippen molar-refractivity contribution < 1.29 is 0 Å². The second-order valence-electron chi connectivity index (χ2n) is 2.76. The quantitative estimate of drug-likeness (QED) is 0.458. The first-order valence-corrected chi connectivity index (χ1v) is 4.52. The highest BCUT2D eigenvalue weighted by Gasteiger charge is 1.93. The van der Waals surface area contributed by atoms with E-state index in [4.69, 9.17) is 0 Å². The highest BCUT2D eigenvalue weighted by Crippen LogP contribution is 2.07. The summed E-state index contributed by atoms with van der Waals surface area (Å²) in [4.78, 5) is 2.10. The number of hydrogen-bond donors (Lipinski definition) is 0. The SMILES string of the molecule is CN(C)c1ccc(BP)cc1. The van der Waals surface area contributed by atoms with Crippen molar-refractivity contribution in [3.05, 3.63) is 24.3 Å². The first kappa shape index (κ1) is 8.61. The monoisotopic (exact) mass is 165 g/mol. The zero-order valence-electron chi connectivity index (χ0n) is 7.04. The maximum Gasteiger partial charge on any atom is 0.180 e. The molecule has 0 bridgehead atoms. The number of hydrogen-bond acceptors (Lipinski definition) is 1. The van der Waals surface area contributed by atoms with Gasteiger partial charge in [-0.15, -0.1) is 0 Å². The lowest BCUT2D eigenvalue weighted by atomic mass is 9.94. The van der Waals surface area contributed by atoms with E-state index < -0.39 is 0 Å². The smallest absolute Gasteiger partial charge is 0.180 e. The van der Waals surface area contributed by atoms with Gasteiger partial charge in [0.25, 0.3) is 0 Å². The van der Waals surface area contributed by atoms with Gasteiger partial charge < -0.3 is 4.90 Å². The molecule has 1 rings (SSSR count). The minimum atomic E-state index is 1.04. The van der Waals surface area contributed by atoms with E-state index in [2.05, 4.69) is 52.4 Å². The molecule has 3 heteroatoms. The third-order valence-corrected chi connectivity index (χ3v) is 2.16. The molecule has 1 nitrogen and oxygen atoms in total. The summed E-state index contributed by atoms with van der Waals surface area (Å²) in [5, 5.41) is 0. The second-order valence-corrected chi connectivity index (χ2v) is 3.17. The summed E-state index contributed by atoms with van der Waals surface area (Å²) in [6.45, 7) is 1.04. The number of anilines is 1. The van der Waals surface area contributed by atoms with Crippen molar-refractivity contribution in [2.45, 2.75) is 0 Å². The number of rotatable bonds is 2. The molecular weight excluding hydrogens is 152 g/mol. The number of benzene rings is 1. The molecule has 1 unspecified atom stereocenters. The van der Waals surface area contributed by atoms with Crippen molar-refractivity contribution in [2.24, 2.45) is 0 Å². The maximum absolute atomic E-state index is 2.72. The standard InChI is InChI=1S/C8H13BNP/c1-10(2)8-5-3-7(9-11)4-6-8/h3-6,9H,11H2,1-2H3. The van der Waals surface area contributed by atoms with Crippen molar-refractivity contribution in [3.8, 4) is 0 Å². The minimum Gasteiger partial charge on any atom is -0.378 e. The van der Waals surface area contributed by atoms with Crippen LogP contribution in [0.4, 0.5) is 5.69 Å². The van der Waals surface area contributed by atoms with Crippen LogP contribution < -0.4 is 10.4 Å². The summed E-state index contributed by atoms with van der Waals surface area (Å²) in [6, 6.07) is 8.59. The van der Waals surface area contributed by atoms with Gasteiger partial charge in [0.05, 0.1) is 0 Å². The van der Waals surface area contributed by atoms with Crippen LogP contribution in [0.5, 0.6) is 0 Å². The van der Waals surface area contributed by atoms with Crippen LogP contribution in [0.15, 0.2) is 24.3 Å². The summed E-state index contributed by atoms with van der Waals surface area (Å²) >= 11 is 0. The van der Waals surface area contributed by atoms with Crippen molar-refractivity contribution in [2.75, 3.05) is 19.0 Å². The van der Waals surface area contributed by atoms with E-state index in [0.717, 1.165) is 7.00 Å². The summed E-state index contributed by atoms with van der Waals surface area (Å²) in [7, 11) is 6.82. The van der Waals surface area contributed by atoms with Crippen molar-refractivity contribution in [1.29, 1.82) is 0 Å². The summed E-state index contributed by atoms with van der Waals surface area (Å²) < 4.78 is 0. The largest absolute Gasteiger partial charge is 0.378 e. The van der Waals surface area contributed by atoms with Gasteiger partial charge in [-0.3, -0.25) is 0 Å². The van der Waals surface area contributed by atoms with Crippen molar-refractivity contribution >= 4 is 27.3 Å². The van der Waals surface area contributed by atoms with E-state index in [1.165, 1.54) is 11.2 Å². The topological polar surface area (TPSA) is 3.24 Å². The highest BCUT2D eigenvalue weighted by atomic mass is 31.0. The van der Waals surface area contributed by atoms with Crippen LogP contribution >= 0.6 is 9.12 Å². The predicted octanol–water partition coefficient (Wildman–Crippen LogP) is 0.604. The molecule has 0 aliphatic rings. The Morgan fingerprint density at radius 3 is 2.09 bits per heavy atom. The average Bonchev–Trinajstić information content (AvgIpc) is 2.05. The van der Waals surface area contributed by atoms with E-state index in [1.807, 2.05) is 0 Å². The van der Waals surface area contributed by atoms with E-state index in [1.54, 1.807) is 0 Å². The van der Waals surface area contributed by atoms with Gasteiger partial charge in [0.15, 0.2) is 7.00 Å². The first-order chi connectivity index (χ1) is 5.24. The van der Waals surface area contributed by atoms with Gasteiger partial charge in [-0.2, -0.15) is 9.12 Å². The molecule has 1 atom stereocenters. The van der Waals surface area contributed by atoms with Crippen LogP contribution in [-0.4, -0.2) is 21.1 Å². The summed E-state index contributed by atoms with van der Waals surface area (Å²) in [6.07, 6.45) is 0. The summed E-state index contributed by atoms with van der Waals surface area (Å²) in [5.41, 5.74) is 2.62. The Morgan fingerprint density at radius 2 is 1.73 bits per heavy atom. The van der Waals surface area contributed by atoms with Gasteiger partial charge in [-0.05, 0) is 12.1 Å². The Labute approximate surface area is 71.2 Å². The highest BCUT2D eigenvalue weighted by molar-refractivity contribution is 7.58. The van der Waals surface area contributed by atoms with Gasteiger partial charge >= 0.3 is 0 Å². The van der Waals surface area contributed by atoms with Gasteiger partial charge in [-0.25, -0.2) is 0 Å². The van der Waals surface area contributed by atoms with Crippen LogP contribution in [0, 0.1) is 0 Å². The van der Waals surface area contributed by atoms with E-state index in [-0.39, 0.29) is 0 Å². The molecule has 0 N–H and O–H groups in total. The lowest BCUT2D eigenvalue weighted by molar-refractivity contribution is 1.13. The number of nitrogens with zero attached hydrogens (tertiary/aromatic N) is 1. The lowest BCUT2D eigenvalue weighted by Gasteiger charge is -2.11. The fraction of sp³-hybridized carbons (Fsp3) is 0.250. The Balaban J connectivity index is 2.83. The fourth-order valence-electron chi connectivity index (χ4n) is 0.930. The zero-order valence-corrected chi connectivity index (χ0v) is 8.20. The molecule has 0 fully saturated rings. The molecule has 0 aliphatic carbocycles. The van der Waals surface area contributed by atoms with Gasteiger partial charge in [0, 0.05) is 19.8 Å². The van der Waals surface area contributed by atoms with Gasteiger partial charge in [0.2, 0.25) is 0 Å². The predicted molar refractivity (Wildman–Crippen MR) is 57.3 cm³/mol. The molecule has 1 aromatic carbocycles. The zero-order chi connectivity index (χ0) is 8.27. The third kappa shape index (κ3) is 2.23. The molecule has 0 radical (unpaired) electrons. The van der Waals surface area contributed by atoms with Crippen LogP contribution in [-0.2, 0) is 0 Å². The van der Waals surface area contributed by atoms with Gasteiger partial charge in [-0.1, -0.05) is 17.6 Å². The average molecular weight is 165 g/mol. The molecule has 0 spiro atoms. The molecule has 0 saturated heterocycles. The molecule has 0 aromatic heterocycles. The van der Waals surface area contributed by atoms with E-state index in [0.29, 0.717) is 0 Å². The maximum atomic E-state index is 2.72. The van der Waals surface area contributed by atoms with E-state index >= 15 is 0 Å². The van der Waals surface area contributed by atoms with Crippen LogP contribution in [0.1, 0.15) is 0 Å². The van der Waals surface area contributed by atoms with Crippen LogP contribution in [0.25, 0.3) is 0 Å². The molecule has 0 saturated carbocycles. The molecule has 0 heterocycles. The molecule has 1 aromatic rings. The summed E-state index contributed by atoms with van der Waals surface area (Å²) in [5.74, 6) is 0. The van der Waals surface area contributed by atoms with Crippen LogP contribution in [0.3, 0.4) is 0 Å². The third-order valence-electron chi connectivity index (χ3n) is 1.69. The molecule has 0 amide bonds. The lowest BCUT2D eigenvalue weighted by Crippen LogP contribution is -2.12. The Bertz CT molecular complexity index is 220. The first-order valence-electron chi connectivity index (χ1n) is 3.70. The van der Waals surface area contributed by atoms with Crippen LogP contribution in [0.2, 0.25) is 0 Å². The minimum absolute atomic E-state index is 1.04. The van der Waals surface area contributed by atoms with Crippen molar-refractivity contribution in [3.63, 3.8) is 0 Å². The Kier molecular flexibility index (Phi) is 2.96. The van der Waals surface area contributed by atoms with Gasteiger partial charge in [0.1, 0.15) is 0 Å². The second kappa shape index (κ2) is 3.78.